The van der Waals surface area contributed by atoms with Crippen molar-refractivity contribution in [1.82, 2.24) is 10.1 Å². The van der Waals surface area contributed by atoms with Crippen molar-refractivity contribution in [2.24, 2.45) is 0 Å². The maximum Gasteiger partial charge on any atom is 0.229 e. The van der Waals surface area contributed by atoms with Crippen LogP contribution in [0.4, 0.5) is 0 Å². The number of hydrogen-bond donors (Lipinski definition) is 0. The molecule has 0 saturated carbocycles. The van der Waals surface area contributed by atoms with Crippen LogP contribution in [-0.4, -0.2) is 22.5 Å². The monoisotopic (exact) mass is 306 g/mol. The van der Waals surface area contributed by atoms with Crippen molar-refractivity contribution in [2.45, 2.75) is 25.3 Å². The summed E-state index contributed by atoms with van der Waals surface area (Å²) in [5, 5.41) is 5.01. The van der Waals surface area contributed by atoms with Crippen LogP contribution in [-0.2, 0) is 11.2 Å². The van der Waals surface area contributed by atoms with Crippen molar-refractivity contribution in [3.8, 4) is 0 Å². The Morgan fingerprint density at radius 1 is 1.13 bits per heavy atom. The summed E-state index contributed by atoms with van der Waals surface area (Å²) in [4.78, 5) is 14.8. The number of nitrogens with zero attached hydrogens (tertiary/aromatic N) is 2. The van der Waals surface area contributed by atoms with Gasteiger partial charge in [0.05, 0.1) is 12.5 Å². The van der Waals surface area contributed by atoms with Crippen LogP contribution in [0.5, 0.6) is 0 Å². The van der Waals surface area contributed by atoms with Gasteiger partial charge in [0.2, 0.25) is 5.91 Å². The lowest BCUT2D eigenvalue weighted by Gasteiger charge is -2.25. The molecule has 0 bridgehead atoms. The van der Waals surface area contributed by atoms with E-state index >= 15 is 0 Å². The van der Waals surface area contributed by atoms with E-state index in [0.29, 0.717) is 6.42 Å². The SMILES string of the molecule is O=C(Cc1noc2ccccc12)N1CCC[C@@H]1c1ccccc1. The summed E-state index contributed by atoms with van der Waals surface area (Å²) in [5.41, 5.74) is 2.67. The van der Waals surface area contributed by atoms with E-state index in [2.05, 4.69) is 17.3 Å². The van der Waals surface area contributed by atoms with E-state index in [0.717, 1.165) is 36.0 Å². The van der Waals surface area contributed by atoms with Crippen molar-refractivity contribution in [3.63, 3.8) is 0 Å². The van der Waals surface area contributed by atoms with E-state index in [4.69, 9.17) is 4.52 Å². The zero-order valence-electron chi connectivity index (χ0n) is 12.8. The zero-order valence-corrected chi connectivity index (χ0v) is 12.8. The number of hydrogen-bond acceptors (Lipinski definition) is 3. The summed E-state index contributed by atoms with van der Waals surface area (Å²) in [6.45, 7) is 0.814. The first-order chi connectivity index (χ1) is 11.3. The third-order valence-corrected chi connectivity index (χ3v) is 4.53. The molecule has 1 aromatic heterocycles. The van der Waals surface area contributed by atoms with Gasteiger partial charge in [-0.15, -0.1) is 0 Å². The van der Waals surface area contributed by atoms with Crippen LogP contribution >= 0.6 is 0 Å². The van der Waals surface area contributed by atoms with Crippen molar-refractivity contribution < 1.29 is 9.32 Å². The molecule has 1 atom stereocenters. The highest BCUT2D eigenvalue weighted by Crippen LogP contribution is 2.32. The third kappa shape index (κ3) is 2.61. The molecule has 1 aliphatic rings. The summed E-state index contributed by atoms with van der Waals surface area (Å²) in [7, 11) is 0. The predicted octanol–water partition coefficient (Wildman–Crippen LogP) is 3.73. The van der Waals surface area contributed by atoms with Crippen LogP contribution in [0.25, 0.3) is 11.0 Å². The number of aromatic nitrogens is 1. The Morgan fingerprint density at radius 3 is 2.78 bits per heavy atom. The molecule has 3 aromatic rings. The molecule has 116 valence electrons. The average molecular weight is 306 g/mol. The number of benzene rings is 2. The summed E-state index contributed by atoms with van der Waals surface area (Å²) >= 11 is 0. The molecule has 0 aliphatic carbocycles. The second-order valence-electron chi connectivity index (χ2n) is 5.96. The number of rotatable bonds is 3. The second kappa shape index (κ2) is 5.88. The normalized spacial score (nSPS) is 17.7. The van der Waals surface area contributed by atoms with E-state index in [1.165, 1.54) is 5.56 Å². The lowest BCUT2D eigenvalue weighted by molar-refractivity contribution is -0.131. The molecular formula is C19H18N2O2. The molecule has 2 heterocycles. The van der Waals surface area contributed by atoms with Crippen molar-refractivity contribution in [2.75, 3.05) is 6.54 Å². The van der Waals surface area contributed by atoms with E-state index < -0.39 is 0 Å². The van der Waals surface area contributed by atoms with Crippen LogP contribution in [0.15, 0.2) is 59.1 Å². The second-order valence-corrected chi connectivity index (χ2v) is 5.96. The van der Waals surface area contributed by atoms with Gasteiger partial charge in [-0.25, -0.2) is 0 Å². The van der Waals surface area contributed by atoms with E-state index in [9.17, 15) is 4.79 Å². The first kappa shape index (κ1) is 14.0. The maximum absolute atomic E-state index is 12.8. The molecule has 1 fully saturated rings. The number of likely N-dealkylation sites (tertiary alicyclic amines) is 1. The molecule has 0 N–H and O–H groups in total. The van der Waals surface area contributed by atoms with Gasteiger partial charge in [-0.3, -0.25) is 4.79 Å². The van der Waals surface area contributed by atoms with Gasteiger partial charge < -0.3 is 9.42 Å². The minimum Gasteiger partial charge on any atom is -0.356 e. The van der Waals surface area contributed by atoms with Crippen LogP contribution in [0.3, 0.4) is 0 Å². The van der Waals surface area contributed by atoms with Gasteiger partial charge >= 0.3 is 0 Å². The van der Waals surface area contributed by atoms with Crippen molar-refractivity contribution in [1.29, 1.82) is 0 Å². The Morgan fingerprint density at radius 2 is 1.91 bits per heavy atom. The number of carbonyl (C=O) groups is 1. The molecule has 4 nitrogen and oxygen atoms in total. The van der Waals surface area contributed by atoms with E-state index in [-0.39, 0.29) is 11.9 Å². The largest absolute Gasteiger partial charge is 0.356 e. The Balaban J connectivity index is 1.56. The lowest BCUT2D eigenvalue weighted by atomic mass is 10.0. The molecule has 23 heavy (non-hydrogen) atoms. The summed E-state index contributed by atoms with van der Waals surface area (Å²) in [6.07, 6.45) is 2.36. The topological polar surface area (TPSA) is 46.3 Å². The van der Waals surface area contributed by atoms with Crippen molar-refractivity contribution >= 4 is 16.9 Å². The summed E-state index contributed by atoms with van der Waals surface area (Å²) in [6, 6.07) is 18.1. The molecule has 0 radical (unpaired) electrons. The third-order valence-electron chi connectivity index (χ3n) is 4.53. The highest BCUT2D eigenvalue weighted by atomic mass is 16.5. The Hall–Kier alpha value is -2.62. The first-order valence-electron chi connectivity index (χ1n) is 8.00. The zero-order chi connectivity index (χ0) is 15.6. The fourth-order valence-electron chi connectivity index (χ4n) is 3.40. The lowest BCUT2D eigenvalue weighted by Crippen LogP contribution is -2.31. The van der Waals surface area contributed by atoms with Gasteiger partial charge in [-0.1, -0.05) is 47.6 Å². The minimum atomic E-state index is 0.121. The van der Waals surface area contributed by atoms with E-state index in [1.807, 2.05) is 47.4 Å². The van der Waals surface area contributed by atoms with E-state index in [1.54, 1.807) is 0 Å². The molecule has 0 spiro atoms. The molecule has 1 saturated heterocycles. The van der Waals surface area contributed by atoms with Gasteiger partial charge in [0.1, 0.15) is 5.69 Å². The fraction of sp³-hybridized carbons (Fsp3) is 0.263. The molecule has 2 aromatic carbocycles. The van der Waals surface area contributed by atoms with Crippen LogP contribution in [0, 0.1) is 0 Å². The van der Waals surface area contributed by atoms with Crippen LogP contribution in [0.1, 0.15) is 30.1 Å². The summed E-state index contributed by atoms with van der Waals surface area (Å²) < 4.78 is 5.30. The first-order valence-corrected chi connectivity index (χ1v) is 8.00. The number of carbonyl (C=O) groups excluding carboxylic acids is 1. The Bertz CT molecular complexity index is 826. The average Bonchev–Trinajstić information content (AvgIpc) is 3.23. The maximum atomic E-state index is 12.8. The predicted molar refractivity (Wildman–Crippen MR) is 87.8 cm³/mol. The van der Waals surface area contributed by atoms with Gasteiger partial charge in [0.25, 0.3) is 0 Å². The number of fused-ring (bicyclic) bond motifs is 1. The molecule has 1 aliphatic heterocycles. The Labute approximate surface area is 134 Å². The molecule has 4 heteroatoms. The highest BCUT2D eigenvalue weighted by molar-refractivity contribution is 5.86. The van der Waals surface area contributed by atoms with Crippen molar-refractivity contribution in [3.05, 3.63) is 65.9 Å². The highest BCUT2D eigenvalue weighted by Gasteiger charge is 2.30. The minimum absolute atomic E-state index is 0.121. The van der Waals surface area contributed by atoms with Gasteiger partial charge in [-0.2, -0.15) is 0 Å². The molecular weight excluding hydrogens is 288 g/mol. The molecule has 4 rings (SSSR count). The van der Waals surface area contributed by atoms with Gasteiger partial charge in [-0.05, 0) is 30.5 Å². The smallest absolute Gasteiger partial charge is 0.229 e. The summed E-state index contributed by atoms with van der Waals surface area (Å²) in [5.74, 6) is 0.121. The van der Waals surface area contributed by atoms with Gasteiger partial charge in [0, 0.05) is 11.9 Å². The number of para-hydroxylation sites is 1. The molecule has 0 unspecified atom stereocenters. The number of amides is 1. The fourth-order valence-corrected chi connectivity index (χ4v) is 3.40. The quantitative estimate of drug-likeness (QED) is 0.740. The van der Waals surface area contributed by atoms with Crippen LogP contribution < -0.4 is 0 Å². The Kier molecular flexibility index (Phi) is 3.58. The standard InChI is InChI=1S/C19H18N2O2/c22-19(13-16-15-9-4-5-11-18(15)23-20-16)21-12-6-10-17(21)14-7-2-1-3-8-14/h1-5,7-9,11,17H,6,10,12-13H2/t17-/m1/s1. The molecule has 1 amide bonds. The van der Waals surface area contributed by atoms with Crippen LogP contribution in [0.2, 0.25) is 0 Å². The van der Waals surface area contributed by atoms with Gasteiger partial charge in [0.15, 0.2) is 5.58 Å².